The molecule has 3 aromatic rings. The van der Waals surface area contributed by atoms with Gasteiger partial charge in [-0.15, -0.1) is 0 Å². The van der Waals surface area contributed by atoms with Crippen LogP contribution in [0, 0.1) is 6.92 Å². The molecule has 0 saturated heterocycles. The Hall–Kier alpha value is -2.92. The highest BCUT2D eigenvalue weighted by Gasteiger charge is 2.22. The van der Waals surface area contributed by atoms with Crippen LogP contribution in [0.3, 0.4) is 0 Å². The number of amides is 1. The number of nitrogens with one attached hydrogen (secondary N) is 1. The van der Waals surface area contributed by atoms with Gasteiger partial charge in [-0.05, 0) is 24.0 Å². The zero-order chi connectivity index (χ0) is 19.4. The van der Waals surface area contributed by atoms with Gasteiger partial charge in [-0.2, -0.15) is 0 Å². The minimum atomic E-state index is -0.282. The van der Waals surface area contributed by atoms with Crippen LogP contribution in [0.4, 0.5) is 0 Å². The minimum Gasteiger partial charge on any atom is -0.360 e. The largest absolute Gasteiger partial charge is 0.360 e. The van der Waals surface area contributed by atoms with Crippen molar-refractivity contribution in [2.24, 2.45) is 5.73 Å². The fraction of sp³-hybridized carbons (Fsp3) is 0.273. The molecule has 0 radical (unpaired) electrons. The molecule has 140 valence electrons. The van der Waals surface area contributed by atoms with Crippen molar-refractivity contribution < 1.29 is 9.32 Å². The van der Waals surface area contributed by atoms with E-state index in [9.17, 15) is 4.79 Å². The molecule has 5 nitrogen and oxygen atoms in total. The number of aromatic nitrogens is 1. The summed E-state index contributed by atoms with van der Waals surface area (Å²) in [5.74, 6) is 0.728. The second kappa shape index (κ2) is 8.18. The summed E-state index contributed by atoms with van der Waals surface area (Å²) >= 11 is 0. The lowest BCUT2D eigenvalue weighted by Gasteiger charge is -2.14. The number of carbonyl (C=O) groups is 1. The first kappa shape index (κ1) is 18.9. The van der Waals surface area contributed by atoms with Gasteiger partial charge in [0, 0.05) is 18.2 Å². The molecule has 1 aromatic heterocycles. The number of nitrogens with zero attached hydrogens (tertiary/aromatic N) is 1. The first-order valence-electron chi connectivity index (χ1n) is 9.12. The van der Waals surface area contributed by atoms with Gasteiger partial charge < -0.3 is 15.6 Å². The van der Waals surface area contributed by atoms with E-state index in [1.165, 1.54) is 5.56 Å². The van der Waals surface area contributed by atoms with E-state index in [4.69, 9.17) is 10.3 Å². The molecule has 1 atom stereocenters. The quantitative estimate of drug-likeness (QED) is 0.687. The maximum Gasteiger partial charge on any atom is 0.257 e. The second-order valence-corrected chi connectivity index (χ2v) is 6.97. The first-order valence-corrected chi connectivity index (χ1v) is 9.12. The number of nitrogens with two attached hydrogens (primary N) is 1. The van der Waals surface area contributed by atoms with E-state index in [0.29, 0.717) is 29.5 Å². The van der Waals surface area contributed by atoms with Crippen LogP contribution in [0.5, 0.6) is 0 Å². The monoisotopic (exact) mass is 363 g/mol. The summed E-state index contributed by atoms with van der Waals surface area (Å²) in [6.07, 6.45) is 0. The highest BCUT2D eigenvalue weighted by molar-refractivity contribution is 6.00. The van der Waals surface area contributed by atoms with Crippen molar-refractivity contribution in [1.82, 2.24) is 10.5 Å². The fourth-order valence-corrected chi connectivity index (χ4v) is 2.97. The highest BCUT2D eigenvalue weighted by Crippen LogP contribution is 2.25. The van der Waals surface area contributed by atoms with Crippen molar-refractivity contribution in [2.45, 2.75) is 32.7 Å². The molecule has 3 N–H and O–H groups in total. The Bertz CT molecular complexity index is 899. The third kappa shape index (κ3) is 4.26. The molecule has 0 aliphatic heterocycles. The smallest absolute Gasteiger partial charge is 0.257 e. The summed E-state index contributed by atoms with van der Waals surface area (Å²) in [4.78, 5) is 12.7. The zero-order valence-corrected chi connectivity index (χ0v) is 15.9. The summed E-state index contributed by atoms with van der Waals surface area (Å²) in [5, 5.41) is 6.96. The van der Waals surface area contributed by atoms with Gasteiger partial charge in [-0.1, -0.05) is 73.6 Å². The minimum absolute atomic E-state index is 0.234. The van der Waals surface area contributed by atoms with Gasteiger partial charge >= 0.3 is 0 Å². The number of hydrogen-bond acceptors (Lipinski definition) is 4. The van der Waals surface area contributed by atoms with Gasteiger partial charge in [0.1, 0.15) is 17.0 Å². The molecule has 1 heterocycles. The van der Waals surface area contributed by atoms with Crippen LogP contribution in [0.25, 0.3) is 11.3 Å². The predicted octanol–water partition coefficient (Wildman–Crippen LogP) is 4.20. The van der Waals surface area contributed by atoms with Crippen LogP contribution in [-0.4, -0.2) is 17.6 Å². The molecule has 0 aliphatic carbocycles. The number of aryl methyl sites for hydroxylation is 1. The summed E-state index contributed by atoms with van der Waals surface area (Å²) in [5.41, 5.74) is 10.3. The summed E-state index contributed by atoms with van der Waals surface area (Å²) in [6.45, 7) is 6.37. The Morgan fingerprint density at radius 2 is 1.70 bits per heavy atom. The molecule has 2 aromatic carbocycles. The molecule has 0 saturated carbocycles. The molecule has 1 amide bonds. The van der Waals surface area contributed by atoms with Crippen molar-refractivity contribution in [2.75, 3.05) is 6.54 Å². The Morgan fingerprint density at radius 3 is 2.33 bits per heavy atom. The molecule has 1 unspecified atom stereocenters. The predicted molar refractivity (Wildman–Crippen MR) is 106 cm³/mol. The van der Waals surface area contributed by atoms with E-state index < -0.39 is 0 Å². The average molecular weight is 363 g/mol. The van der Waals surface area contributed by atoms with Crippen molar-refractivity contribution in [3.63, 3.8) is 0 Å². The Balaban J connectivity index is 1.70. The Kier molecular flexibility index (Phi) is 5.72. The molecule has 27 heavy (non-hydrogen) atoms. The van der Waals surface area contributed by atoms with E-state index in [1.54, 1.807) is 6.92 Å². The van der Waals surface area contributed by atoms with Crippen LogP contribution in [0.2, 0.25) is 0 Å². The lowest BCUT2D eigenvalue weighted by molar-refractivity contribution is 0.0950. The van der Waals surface area contributed by atoms with Crippen LogP contribution in [0.15, 0.2) is 59.1 Å². The van der Waals surface area contributed by atoms with E-state index in [2.05, 4.69) is 36.5 Å². The van der Waals surface area contributed by atoms with Gasteiger partial charge in [0.25, 0.3) is 5.91 Å². The van der Waals surface area contributed by atoms with E-state index in [-0.39, 0.29) is 11.9 Å². The van der Waals surface area contributed by atoms with Gasteiger partial charge in [-0.25, -0.2) is 0 Å². The lowest BCUT2D eigenvalue weighted by atomic mass is 9.99. The van der Waals surface area contributed by atoms with E-state index in [0.717, 1.165) is 11.1 Å². The molecule has 5 heteroatoms. The Labute approximate surface area is 159 Å². The van der Waals surface area contributed by atoms with Crippen LogP contribution in [0.1, 0.15) is 53.1 Å². The standard InChI is InChI=1S/C22H25N3O2/c1-14(2)16-9-11-17(12-10-16)19(23)13-24-22(26)20-15(3)27-25-21(20)18-7-5-4-6-8-18/h4-12,14,19H,13,23H2,1-3H3,(H,24,26). The molecular formula is C22H25N3O2. The number of carbonyl (C=O) groups excluding carboxylic acids is 1. The summed E-state index contributed by atoms with van der Waals surface area (Å²) in [7, 11) is 0. The Morgan fingerprint density at radius 1 is 1.07 bits per heavy atom. The second-order valence-electron chi connectivity index (χ2n) is 6.97. The lowest BCUT2D eigenvalue weighted by Crippen LogP contribution is -2.32. The number of benzene rings is 2. The first-order chi connectivity index (χ1) is 13.0. The van der Waals surface area contributed by atoms with Crippen molar-refractivity contribution in [3.8, 4) is 11.3 Å². The van der Waals surface area contributed by atoms with Crippen molar-refractivity contribution in [3.05, 3.63) is 77.0 Å². The van der Waals surface area contributed by atoms with Gasteiger partial charge in [0.15, 0.2) is 0 Å². The van der Waals surface area contributed by atoms with E-state index >= 15 is 0 Å². The molecule has 0 fully saturated rings. The maximum atomic E-state index is 12.7. The summed E-state index contributed by atoms with van der Waals surface area (Å²) in [6, 6.07) is 17.4. The topological polar surface area (TPSA) is 81.2 Å². The molecular weight excluding hydrogens is 338 g/mol. The maximum absolute atomic E-state index is 12.7. The van der Waals surface area contributed by atoms with Crippen molar-refractivity contribution in [1.29, 1.82) is 0 Å². The van der Waals surface area contributed by atoms with Gasteiger partial charge in [0.05, 0.1) is 0 Å². The normalized spacial score (nSPS) is 12.2. The van der Waals surface area contributed by atoms with Gasteiger partial charge in [-0.3, -0.25) is 4.79 Å². The van der Waals surface area contributed by atoms with Crippen LogP contribution < -0.4 is 11.1 Å². The number of hydrogen-bond donors (Lipinski definition) is 2. The van der Waals surface area contributed by atoms with Crippen LogP contribution in [-0.2, 0) is 0 Å². The zero-order valence-electron chi connectivity index (χ0n) is 15.9. The summed E-state index contributed by atoms with van der Waals surface area (Å²) < 4.78 is 5.26. The average Bonchev–Trinajstić information content (AvgIpc) is 3.08. The number of rotatable bonds is 6. The molecule has 0 aliphatic rings. The third-order valence-corrected chi connectivity index (χ3v) is 4.65. The SMILES string of the molecule is Cc1onc(-c2ccccc2)c1C(=O)NCC(N)c1ccc(C(C)C)cc1. The molecule has 0 spiro atoms. The van der Waals surface area contributed by atoms with E-state index in [1.807, 2.05) is 42.5 Å². The molecule has 0 bridgehead atoms. The molecule has 3 rings (SSSR count). The van der Waals surface area contributed by atoms with Gasteiger partial charge in [0.2, 0.25) is 0 Å². The third-order valence-electron chi connectivity index (χ3n) is 4.65. The van der Waals surface area contributed by atoms with Crippen molar-refractivity contribution >= 4 is 5.91 Å². The fourth-order valence-electron chi connectivity index (χ4n) is 2.97. The highest BCUT2D eigenvalue weighted by atomic mass is 16.5. The van der Waals surface area contributed by atoms with Crippen LogP contribution >= 0.6 is 0 Å².